The van der Waals surface area contributed by atoms with Crippen molar-refractivity contribution in [1.82, 2.24) is 9.88 Å². The zero-order valence-electron chi connectivity index (χ0n) is 15.7. The molecule has 2 amide bonds. The summed E-state index contributed by atoms with van der Waals surface area (Å²) < 4.78 is 1.06. The first-order valence-electron chi connectivity index (χ1n) is 9.57. The third-order valence-electron chi connectivity index (χ3n) is 5.62. The molecule has 2 aromatic heterocycles. The number of thiophene rings is 1. The summed E-state index contributed by atoms with van der Waals surface area (Å²) in [5.74, 6) is -0.289. The monoisotopic (exact) mass is 401 g/mol. The van der Waals surface area contributed by atoms with E-state index in [9.17, 15) is 9.59 Å². The van der Waals surface area contributed by atoms with E-state index in [1.165, 1.54) is 11.3 Å². The van der Waals surface area contributed by atoms with Crippen LogP contribution >= 0.6 is 11.3 Å². The summed E-state index contributed by atoms with van der Waals surface area (Å²) in [6.07, 6.45) is 2.55. The Balaban J connectivity index is 1.49. The molecule has 2 N–H and O–H groups in total. The van der Waals surface area contributed by atoms with Gasteiger partial charge in [0.1, 0.15) is 0 Å². The number of carbonyl (C=O) groups excluding carboxylic acids is 2. The van der Waals surface area contributed by atoms with Gasteiger partial charge in [0.2, 0.25) is 0 Å². The summed E-state index contributed by atoms with van der Waals surface area (Å²) in [7, 11) is 0. The van der Waals surface area contributed by atoms with E-state index in [2.05, 4.69) is 4.98 Å². The van der Waals surface area contributed by atoms with Crippen LogP contribution in [0.2, 0.25) is 0 Å². The van der Waals surface area contributed by atoms with Crippen molar-refractivity contribution >= 4 is 44.1 Å². The molecule has 0 saturated carbocycles. The quantitative estimate of drug-likeness (QED) is 0.560. The van der Waals surface area contributed by atoms with E-state index < -0.39 is 5.91 Å². The van der Waals surface area contributed by atoms with Gasteiger partial charge >= 0.3 is 0 Å². The Morgan fingerprint density at radius 2 is 1.86 bits per heavy atom. The van der Waals surface area contributed by atoms with Crippen LogP contribution in [0.4, 0.5) is 0 Å². The first-order valence-corrected chi connectivity index (χ1v) is 10.4. The maximum Gasteiger partial charge on any atom is 0.259 e. The standard InChI is InChI=1S/C23H19N3O2S/c24-22(27)21-20(17-5-1-2-9-19(17)29-21)14-10-12-26(13-14)23(28)16-6-3-8-18-15(16)7-4-11-25-18/h1-9,11,14H,10,12-13H2,(H2,24,27). The second-order valence-electron chi connectivity index (χ2n) is 7.32. The van der Waals surface area contributed by atoms with Crippen LogP contribution in [-0.2, 0) is 0 Å². The molecule has 1 unspecified atom stereocenters. The topological polar surface area (TPSA) is 76.3 Å². The van der Waals surface area contributed by atoms with Gasteiger partial charge in [-0.25, -0.2) is 0 Å². The molecule has 1 saturated heterocycles. The molecule has 5 rings (SSSR count). The molecule has 5 nitrogen and oxygen atoms in total. The smallest absolute Gasteiger partial charge is 0.259 e. The highest BCUT2D eigenvalue weighted by molar-refractivity contribution is 7.21. The van der Waals surface area contributed by atoms with Gasteiger partial charge in [-0.1, -0.05) is 30.3 Å². The number of aromatic nitrogens is 1. The third kappa shape index (κ3) is 2.96. The lowest BCUT2D eigenvalue weighted by atomic mass is 9.95. The molecular weight excluding hydrogens is 382 g/mol. The molecule has 2 aromatic carbocycles. The number of hydrogen-bond donors (Lipinski definition) is 1. The zero-order chi connectivity index (χ0) is 20.0. The number of hydrogen-bond acceptors (Lipinski definition) is 4. The first kappa shape index (κ1) is 17.8. The van der Waals surface area contributed by atoms with Gasteiger partial charge in [-0.05, 0) is 41.6 Å². The Morgan fingerprint density at radius 1 is 1.03 bits per heavy atom. The summed E-state index contributed by atoms with van der Waals surface area (Å²) in [5, 5.41) is 1.93. The van der Waals surface area contributed by atoms with Crippen molar-refractivity contribution in [3.05, 3.63) is 76.8 Å². The molecular formula is C23H19N3O2S. The molecule has 1 aliphatic heterocycles. The molecule has 0 spiro atoms. The fourth-order valence-electron chi connectivity index (χ4n) is 4.29. The molecule has 3 heterocycles. The summed E-state index contributed by atoms with van der Waals surface area (Å²) >= 11 is 1.44. The van der Waals surface area contributed by atoms with Crippen molar-refractivity contribution in [2.75, 3.05) is 13.1 Å². The highest BCUT2D eigenvalue weighted by Gasteiger charge is 2.32. The Bertz CT molecular complexity index is 1260. The Labute approximate surface area is 171 Å². The molecule has 1 fully saturated rings. The number of nitrogens with two attached hydrogens (primary N) is 1. The van der Waals surface area contributed by atoms with Crippen LogP contribution in [0.15, 0.2) is 60.8 Å². The number of likely N-dealkylation sites (tertiary alicyclic amines) is 1. The molecule has 0 bridgehead atoms. The molecule has 144 valence electrons. The van der Waals surface area contributed by atoms with Crippen molar-refractivity contribution in [1.29, 1.82) is 0 Å². The number of benzene rings is 2. The van der Waals surface area contributed by atoms with Gasteiger partial charge in [0.25, 0.3) is 11.8 Å². The van der Waals surface area contributed by atoms with Crippen LogP contribution in [0.1, 0.15) is 37.9 Å². The van der Waals surface area contributed by atoms with Crippen molar-refractivity contribution in [2.45, 2.75) is 12.3 Å². The fraction of sp³-hybridized carbons (Fsp3) is 0.174. The summed E-state index contributed by atoms with van der Waals surface area (Å²) in [6.45, 7) is 1.24. The number of carbonyl (C=O) groups is 2. The second-order valence-corrected chi connectivity index (χ2v) is 8.37. The van der Waals surface area contributed by atoms with Crippen molar-refractivity contribution in [3.8, 4) is 0 Å². The minimum Gasteiger partial charge on any atom is -0.365 e. The lowest BCUT2D eigenvalue weighted by Gasteiger charge is -2.18. The van der Waals surface area contributed by atoms with Crippen LogP contribution in [-0.4, -0.2) is 34.8 Å². The third-order valence-corrected chi connectivity index (χ3v) is 6.82. The molecule has 4 aromatic rings. The molecule has 0 radical (unpaired) electrons. The van der Waals surface area contributed by atoms with Gasteiger partial charge < -0.3 is 10.6 Å². The molecule has 6 heteroatoms. The predicted octanol–water partition coefficient (Wildman–Crippen LogP) is 4.18. The predicted molar refractivity (Wildman–Crippen MR) is 115 cm³/mol. The second kappa shape index (κ2) is 6.97. The van der Waals surface area contributed by atoms with Crippen LogP contribution in [0.25, 0.3) is 21.0 Å². The van der Waals surface area contributed by atoms with Gasteiger partial charge in [-0.15, -0.1) is 11.3 Å². The molecule has 29 heavy (non-hydrogen) atoms. The zero-order valence-corrected chi connectivity index (χ0v) is 16.5. The van der Waals surface area contributed by atoms with E-state index in [-0.39, 0.29) is 11.8 Å². The lowest BCUT2D eigenvalue weighted by molar-refractivity contribution is 0.0792. The van der Waals surface area contributed by atoms with Gasteiger partial charge in [-0.2, -0.15) is 0 Å². The maximum absolute atomic E-state index is 13.3. The number of pyridine rings is 1. The Hall–Kier alpha value is -3.25. The number of primary amides is 1. The van der Waals surface area contributed by atoms with E-state index in [4.69, 9.17) is 5.73 Å². The first-order chi connectivity index (χ1) is 14.1. The van der Waals surface area contributed by atoms with E-state index >= 15 is 0 Å². The lowest BCUT2D eigenvalue weighted by Crippen LogP contribution is -2.28. The minimum atomic E-state index is -0.397. The summed E-state index contributed by atoms with van der Waals surface area (Å²) in [6, 6.07) is 17.4. The number of fused-ring (bicyclic) bond motifs is 2. The van der Waals surface area contributed by atoms with E-state index in [1.807, 2.05) is 59.5 Å². The molecule has 1 atom stereocenters. The Morgan fingerprint density at radius 3 is 2.72 bits per heavy atom. The van der Waals surface area contributed by atoms with Crippen LogP contribution in [0, 0.1) is 0 Å². The maximum atomic E-state index is 13.3. The largest absolute Gasteiger partial charge is 0.365 e. The average Bonchev–Trinajstić information content (AvgIpc) is 3.37. The van der Waals surface area contributed by atoms with Gasteiger partial charge in [0, 0.05) is 40.9 Å². The van der Waals surface area contributed by atoms with Gasteiger partial charge in [-0.3, -0.25) is 14.6 Å². The fourth-order valence-corrected chi connectivity index (χ4v) is 5.44. The van der Waals surface area contributed by atoms with Crippen LogP contribution in [0.3, 0.4) is 0 Å². The van der Waals surface area contributed by atoms with Gasteiger partial charge in [0.05, 0.1) is 10.4 Å². The highest BCUT2D eigenvalue weighted by atomic mass is 32.1. The van der Waals surface area contributed by atoms with Gasteiger partial charge in [0.15, 0.2) is 0 Å². The molecule has 0 aliphatic carbocycles. The van der Waals surface area contributed by atoms with E-state index in [1.54, 1.807) is 6.20 Å². The number of amides is 2. The normalized spacial score (nSPS) is 16.6. The highest BCUT2D eigenvalue weighted by Crippen LogP contribution is 2.40. The van der Waals surface area contributed by atoms with Crippen molar-refractivity contribution in [3.63, 3.8) is 0 Å². The average molecular weight is 401 g/mol. The number of rotatable bonds is 3. The van der Waals surface area contributed by atoms with E-state index in [0.717, 1.165) is 33.0 Å². The van der Waals surface area contributed by atoms with E-state index in [0.29, 0.717) is 23.5 Å². The molecule has 1 aliphatic rings. The SMILES string of the molecule is NC(=O)c1sc2ccccc2c1C1CCN(C(=O)c2cccc3ncccc23)C1. The Kier molecular flexibility index (Phi) is 4.28. The summed E-state index contributed by atoms with van der Waals surface area (Å²) in [5.41, 5.74) is 8.15. The van der Waals surface area contributed by atoms with Crippen molar-refractivity contribution < 1.29 is 9.59 Å². The minimum absolute atomic E-state index is 0.00580. The van der Waals surface area contributed by atoms with Crippen molar-refractivity contribution in [2.24, 2.45) is 5.73 Å². The summed E-state index contributed by atoms with van der Waals surface area (Å²) in [4.78, 5) is 32.2. The van der Waals surface area contributed by atoms with Crippen LogP contribution in [0.5, 0.6) is 0 Å². The number of nitrogens with zero attached hydrogens (tertiary/aromatic N) is 2. The van der Waals surface area contributed by atoms with Crippen LogP contribution < -0.4 is 5.73 Å².